The average Bonchev–Trinajstić information content (AvgIpc) is 2.55. The summed E-state index contributed by atoms with van der Waals surface area (Å²) in [6.45, 7) is 6.78. The van der Waals surface area contributed by atoms with Crippen LogP contribution < -0.4 is 0 Å². The molecule has 0 aliphatic carbocycles. The lowest BCUT2D eigenvalue weighted by molar-refractivity contribution is 0.556. The van der Waals surface area contributed by atoms with E-state index >= 15 is 0 Å². The topological polar surface area (TPSA) is 0 Å². The van der Waals surface area contributed by atoms with Gasteiger partial charge in [-0.15, -0.1) is 0 Å². The van der Waals surface area contributed by atoms with E-state index in [9.17, 15) is 0 Å². The number of hydrogen-bond acceptors (Lipinski definition) is 0. The molecular formula is C23H28. The van der Waals surface area contributed by atoms with Crippen LogP contribution in [-0.4, -0.2) is 0 Å². The van der Waals surface area contributed by atoms with E-state index in [0.29, 0.717) is 0 Å². The summed E-state index contributed by atoms with van der Waals surface area (Å²) in [6, 6.07) is 17.3. The smallest absolute Gasteiger partial charge is 0.0249 e. The summed E-state index contributed by atoms with van der Waals surface area (Å²) in [4.78, 5) is 0. The molecule has 2 rings (SSSR count). The van der Waals surface area contributed by atoms with Gasteiger partial charge in [0.25, 0.3) is 0 Å². The number of rotatable bonds is 6. The molecule has 120 valence electrons. The highest BCUT2D eigenvalue weighted by molar-refractivity contribution is 5.44. The first-order valence-corrected chi connectivity index (χ1v) is 8.87. The quantitative estimate of drug-likeness (QED) is 0.573. The van der Waals surface area contributed by atoms with Crippen LogP contribution in [0.4, 0.5) is 0 Å². The van der Waals surface area contributed by atoms with Gasteiger partial charge in [-0.2, -0.15) is 0 Å². The van der Waals surface area contributed by atoms with Crippen molar-refractivity contribution in [3.05, 3.63) is 70.8 Å². The van der Waals surface area contributed by atoms with Gasteiger partial charge in [-0.3, -0.25) is 0 Å². The Morgan fingerprint density at radius 3 is 1.65 bits per heavy atom. The molecule has 0 spiro atoms. The Hall–Kier alpha value is -2.00. The van der Waals surface area contributed by atoms with Crippen molar-refractivity contribution < 1.29 is 0 Å². The maximum absolute atomic E-state index is 3.26. The van der Waals surface area contributed by atoms with Crippen molar-refractivity contribution in [2.24, 2.45) is 5.92 Å². The molecule has 2 aromatic rings. The van der Waals surface area contributed by atoms with Crippen LogP contribution in [0, 0.1) is 17.8 Å². The highest BCUT2D eigenvalue weighted by Crippen LogP contribution is 2.11. The fraction of sp³-hybridized carbons (Fsp3) is 0.391. The van der Waals surface area contributed by atoms with Crippen LogP contribution in [0.15, 0.2) is 48.5 Å². The van der Waals surface area contributed by atoms with Gasteiger partial charge in [0.1, 0.15) is 0 Å². The zero-order chi connectivity index (χ0) is 16.5. The second-order valence-electron chi connectivity index (χ2n) is 6.68. The van der Waals surface area contributed by atoms with Crippen molar-refractivity contribution in [3.8, 4) is 11.8 Å². The lowest BCUT2D eigenvalue weighted by atomic mass is 10.0. The second-order valence-corrected chi connectivity index (χ2v) is 6.68. The zero-order valence-electron chi connectivity index (χ0n) is 14.7. The van der Waals surface area contributed by atoms with E-state index in [0.717, 1.165) is 23.5 Å². The van der Waals surface area contributed by atoms with Crippen LogP contribution in [0.3, 0.4) is 0 Å². The molecule has 0 radical (unpaired) electrons. The molecule has 0 unspecified atom stereocenters. The van der Waals surface area contributed by atoms with E-state index < -0.39 is 0 Å². The molecule has 0 heterocycles. The number of hydrogen-bond donors (Lipinski definition) is 0. The van der Waals surface area contributed by atoms with E-state index in [-0.39, 0.29) is 0 Å². The third-order valence-corrected chi connectivity index (χ3v) is 4.04. The second kappa shape index (κ2) is 9.21. The summed E-state index contributed by atoms with van der Waals surface area (Å²) in [5.74, 6) is 7.32. The van der Waals surface area contributed by atoms with Gasteiger partial charge in [0.2, 0.25) is 0 Å². The minimum absolute atomic E-state index is 0.795. The Morgan fingerprint density at radius 2 is 1.22 bits per heavy atom. The first-order valence-electron chi connectivity index (χ1n) is 8.87. The van der Waals surface area contributed by atoms with Gasteiger partial charge in [-0.25, -0.2) is 0 Å². The summed E-state index contributed by atoms with van der Waals surface area (Å²) in [5, 5.41) is 0. The molecule has 0 bridgehead atoms. The molecule has 0 amide bonds. The lowest BCUT2D eigenvalue weighted by Crippen LogP contribution is -1.91. The maximum atomic E-state index is 3.26. The first-order chi connectivity index (χ1) is 11.2. The van der Waals surface area contributed by atoms with Crippen LogP contribution in [0.25, 0.3) is 0 Å². The molecule has 0 fully saturated rings. The van der Waals surface area contributed by atoms with E-state index in [4.69, 9.17) is 0 Å². The lowest BCUT2D eigenvalue weighted by Gasteiger charge is -2.04. The minimum atomic E-state index is 0.795. The Morgan fingerprint density at radius 1 is 0.739 bits per heavy atom. The summed E-state index contributed by atoms with van der Waals surface area (Å²) >= 11 is 0. The summed E-state index contributed by atoms with van der Waals surface area (Å²) in [6.07, 6.45) is 6.08. The van der Waals surface area contributed by atoms with E-state index in [2.05, 4.69) is 81.1 Å². The van der Waals surface area contributed by atoms with Crippen molar-refractivity contribution in [1.82, 2.24) is 0 Å². The fourth-order valence-electron chi connectivity index (χ4n) is 2.66. The predicted molar refractivity (Wildman–Crippen MR) is 101 cm³/mol. The Kier molecular flexibility index (Phi) is 6.95. The monoisotopic (exact) mass is 304 g/mol. The molecule has 2 aromatic carbocycles. The molecule has 23 heavy (non-hydrogen) atoms. The van der Waals surface area contributed by atoms with Gasteiger partial charge in [0.15, 0.2) is 0 Å². The highest BCUT2D eigenvalue weighted by Gasteiger charge is 1.97. The third kappa shape index (κ3) is 6.33. The van der Waals surface area contributed by atoms with Crippen molar-refractivity contribution in [2.45, 2.75) is 52.9 Å². The SMILES string of the molecule is CCCc1ccc(C#Cc2ccc(CCCC(C)C)cc2)cc1. The normalized spacial score (nSPS) is 10.4. The molecular weight excluding hydrogens is 276 g/mol. The van der Waals surface area contributed by atoms with Gasteiger partial charge in [-0.1, -0.05) is 69.7 Å². The molecule has 0 atom stereocenters. The van der Waals surface area contributed by atoms with Crippen molar-refractivity contribution in [3.63, 3.8) is 0 Å². The first kappa shape index (κ1) is 17.4. The molecule has 0 aliphatic heterocycles. The maximum Gasteiger partial charge on any atom is 0.0249 e. The van der Waals surface area contributed by atoms with E-state index in [1.54, 1.807) is 0 Å². The zero-order valence-corrected chi connectivity index (χ0v) is 14.7. The van der Waals surface area contributed by atoms with Gasteiger partial charge >= 0.3 is 0 Å². The van der Waals surface area contributed by atoms with Gasteiger partial charge < -0.3 is 0 Å². The Labute approximate surface area is 142 Å². The van der Waals surface area contributed by atoms with Crippen LogP contribution in [0.5, 0.6) is 0 Å². The molecule has 0 aliphatic rings. The minimum Gasteiger partial charge on any atom is -0.0651 e. The highest BCUT2D eigenvalue weighted by atomic mass is 14.0. The van der Waals surface area contributed by atoms with Crippen LogP contribution in [0.1, 0.15) is 62.3 Å². The van der Waals surface area contributed by atoms with E-state index in [1.165, 1.54) is 36.8 Å². The molecule has 0 nitrogen and oxygen atoms in total. The number of aryl methyl sites for hydroxylation is 2. The molecule has 0 aromatic heterocycles. The fourth-order valence-corrected chi connectivity index (χ4v) is 2.66. The van der Waals surface area contributed by atoms with Crippen LogP contribution in [-0.2, 0) is 12.8 Å². The predicted octanol–water partition coefficient (Wildman–Crippen LogP) is 6.02. The number of benzene rings is 2. The van der Waals surface area contributed by atoms with Gasteiger partial charge in [-0.05, 0) is 60.6 Å². The van der Waals surface area contributed by atoms with Crippen molar-refractivity contribution in [2.75, 3.05) is 0 Å². The van der Waals surface area contributed by atoms with Gasteiger partial charge in [0, 0.05) is 11.1 Å². The molecule has 0 heteroatoms. The molecule has 0 saturated heterocycles. The average molecular weight is 304 g/mol. The van der Waals surface area contributed by atoms with Crippen molar-refractivity contribution >= 4 is 0 Å². The summed E-state index contributed by atoms with van der Waals surface area (Å²) in [7, 11) is 0. The van der Waals surface area contributed by atoms with Crippen molar-refractivity contribution in [1.29, 1.82) is 0 Å². The Bertz CT molecular complexity index is 633. The molecule has 0 N–H and O–H groups in total. The Balaban J connectivity index is 1.93. The standard InChI is InChI=1S/C23H28/c1-4-6-20-9-13-22(14-10-20)17-18-23-15-11-21(12-16-23)8-5-7-19(2)3/h9-16,19H,4-8H2,1-3H3. The van der Waals surface area contributed by atoms with Crippen LogP contribution in [0.2, 0.25) is 0 Å². The summed E-state index contributed by atoms with van der Waals surface area (Å²) < 4.78 is 0. The summed E-state index contributed by atoms with van der Waals surface area (Å²) in [5.41, 5.74) is 4.99. The van der Waals surface area contributed by atoms with E-state index in [1.807, 2.05) is 0 Å². The largest absolute Gasteiger partial charge is 0.0651 e. The van der Waals surface area contributed by atoms with Crippen LogP contribution >= 0.6 is 0 Å². The third-order valence-electron chi connectivity index (χ3n) is 4.04. The van der Waals surface area contributed by atoms with Gasteiger partial charge in [0.05, 0.1) is 0 Å². The molecule has 0 saturated carbocycles.